The van der Waals surface area contributed by atoms with E-state index in [2.05, 4.69) is 41.2 Å². The molecule has 3 nitrogen and oxygen atoms in total. The van der Waals surface area contributed by atoms with E-state index in [9.17, 15) is 0 Å². The van der Waals surface area contributed by atoms with E-state index < -0.39 is 0 Å². The summed E-state index contributed by atoms with van der Waals surface area (Å²) in [6.07, 6.45) is 4.58. The van der Waals surface area contributed by atoms with Gasteiger partial charge < -0.3 is 10.2 Å². The van der Waals surface area contributed by atoms with Gasteiger partial charge in [-0.25, -0.2) is 4.98 Å². The van der Waals surface area contributed by atoms with E-state index in [0.29, 0.717) is 6.04 Å². The predicted octanol–water partition coefficient (Wildman–Crippen LogP) is 2.18. The van der Waals surface area contributed by atoms with Gasteiger partial charge in [-0.15, -0.1) is 0 Å². The fourth-order valence-corrected chi connectivity index (χ4v) is 2.23. The molecule has 88 valence electrons. The lowest BCUT2D eigenvalue weighted by Crippen LogP contribution is -2.27. The number of hydrogen-bond donors (Lipinski definition) is 1. The maximum atomic E-state index is 4.55. The average molecular weight is 219 g/mol. The number of pyridine rings is 1. The molecule has 0 saturated carbocycles. The highest BCUT2D eigenvalue weighted by atomic mass is 15.2. The number of hydrogen-bond acceptors (Lipinski definition) is 3. The molecular weight excluding hydrogens is 198 g/mol. The lowest BCUT2D eigenvalue weighted by molar-refractivity contribution is 0.716. The van der Waals surface area contributed by atoms with Crippen molar-refractivity contribution < 1.29 is 0 Å². The second kappa shape index (κ2) is 5.30. The first kappa shape index (κ1) is 11.4. The normalized spacial score (nSPS) is 20.4. The maximum absolute atomic E-state index is 4.55. The monoisotopic (exact) mass is 219 g/mol. The average Bonchev–Trinajstić information content (AvgIpc) is 2.74. The van der Waals surface area contributed by atoms with Crippen molar-refractivity contribution in [2.45, 2.75) is 39.3 Å². The van der Waals surface area contributed by atoms with Gasteiger partial charge in [-0.1, -0.05) is 13.0 Å². The van der Waals surface area contributed by atoms with Crippen LogP contribution in [0.15, 0.2) is 18.3 Å². The Morgan fingerprint density at radius 1 is 1.50 bits per heavy atom. The maximum Gasteiger partial charge on any atom is 0.128 e. The Morgan fingerprint density at radius 3 is 2.94 bits per heavy atom. The summed E-state index contributed by atoms with van der Waals surface area (Å²) in [5.74, 6) is 1.13. The van der Waals surface area contributed by atoms with Crippen LogP contribution in [0.5, 0.6) is 0 Å². The van der Waals surface area contributed by atoms with Crippen molar-refractivity contribution in [2.75, 3.05) is 18.0 Å². The molecule has 1 N–H and O–H groups in total. The molecule has 1 aliphatic heterocycles. The Bertz CT molecular complexity index is 320. The van der Waals surface area contributed by atoms with Crippen molar-refractivity contribution in [3.05, 3.63) is 23.9 Å². The lowest BCUT2D eigenvalue weighted by Gasteiger charge is -2.22. The van der Waals surface area contributed by atoms with Gasteiger partial charge in [-0.3, -0.25) is 0 Å². The zero-order chi connectivity index (χ0) is 11.4. The van der Waals surface area contributed by atoms with E-state index in [-0.39, 0.29) is 0 Å². The van der Waals surface area contributed by atoms with Crippen molar-refractivity contribution in [1.29, 1.82) is 0 Å². The standard InChI is InChI=1S/C13H21N3/c1-3-14-9-12-6-7-13(15-10-12)16-8-4-5-11(16)2/h6-7,10-11,14H,3-5,8-9H2,1-2H3. The fourth-order valence-electron chi connectivity index (χ4n) is 2.23. The molecule has 1 saturated heterocycles. The molecule has 0 radical (unpaired) electrons. The molecule has 0 aromatic carbocycles. The second-order valence-corrected chi connectivity index (χ2v) is 4.49. The third kappa shape index (κ3) is 2.53. The Morgan fingerprint density at radius 2 is 2.38 bits per heavy atom. The Kier molecular flexibility index (Phi) is 3.78. The van der Waals surface area contributed by atoms with Gasteiger partial charge in [0.05, 0.1) is 0 Å². The number of nitrogens with one attached hydrogen (secondary N) is 1. The van der Waals surface area contributed by atoms with Crippen LogP contribution in [-0.2, 0) is 6.54 Å². The van der Waals surface area contributed by atoms with Gasteiger partial charge in [-0.05, 0) is 37.9 Å². The fraction of sp³-hybridized carbons (Fsp3) is 0.615. The van der Waals surface area contributed by atoms with Gasteiger partial charge in [0.25, 0.3) is 0 Å². The zero-order valence-corrected chi connectivity index (χ0v) is 10.2. The number of rotatable bonds is 4. The zero-order valence-electron chi connectivity index (χ0n) is 10.2. The van der Waals surface area contributed by atoms with Crippen molar-refractivity contribution >= 4 is 5.82 Å². The highest BCUT2D eigenvalue weighted by Gasteiger charge is 2.20. The second-order valence-electron chi connectivity index (χ2n) is 4.49. The lowest BCUT2D eigenvalue weighted by atomic mass is 10.2. The van der Waals surface area contributed by atoms with Crippen molar-refractivity contribution in [1.82, 2.24) is 10.3 Å². The molecule has 2 rings (SSSR count). The van der Waals surface area contributed by atoms with Gasteiger partial charge in [-0.2, -0.15) is 0 Å². The van der Waals surface area contributed by atoms with E-state index in [1.165, 1.54) is 18.4 Å². The van der Waals surface area contributed by atoms with Crippen LogP contribution in [0.4, 0.5) is 5.82 Å². The minimum Gasteiger partial charge on any atom is -0.354 e. The largest absolute Gasteiger partial charge is 0.354 e. The van der Waals surface area contributed by atoms with E-state index in [0.717, 1.165) is 25.5 Å². The Hall–Kier alpha value is -1.09. The molecule has 0 amide bonds. The molecule has 3 heteroatoms. The van der Waals surface area contributed by atoms with E-state index in [1.54, 1.807) is 0 Å². The van der Waals surface area contributed by atoms with Crippen LogP contribution in [-0.4, -0.2) is 24.1 Å². The summed E-state index contributed by atoms with van der Waals surface area (Å²) in [6.45, 7) is 7.47. The topological polar surface area (TPSA) is 28.2 Å². The molecule has 1 aliphatic rings. The van der Waals surface area contributed by atoms with Gasteiger partial charge in [0.1, 0.15) is 5.82 Å². The quantitative estimate of drug-likeness (QED) is 0.841. The predicted molar refractivity (Wildman–Crippen MR) is 67.7 cm³/mol. The Balaban J connectivity index is 2.01. The number of nitrogens with zero attached hydrogens (tertiary/aromatic N) is 2. The van der Waals surface area contributed by atoms with Crippen LogP contribution < -0.4 is 10.2 Å². The molecule has 0 bridgehead atoms. The van der Waals surface area contributed by atoms with Crippen molar-refractivity contribution in [2.24, 2.45) is 0 Å². The molecule has 2 heterocycles. The first-order valence-electron chi connectivity index (χ1n) is 6.23. The molecule has 1 aromatic heterocycles. The van der Waals surface area contributed by atoms with Crippen LogP contribution in [0.25, 0.3) is 0 Å². The van der Waals surface area contributed by atoms with Crippen molar-refractivity contribution in [3.63, 3.8) is 0 Å². The molecule has 1 unspecified atom stereocenters. The van der Waals surface area contributed by atoms with Crippen LogP contribution in [0, 0.1) is 0 Å². The van der Waals surface area contributed by atoms with Crippen LogP contribution in [0.1, 0.15) is 32.3 Å². The third-order valence-electron chi connectivity index (χ3n) is 3.24. The van der Waals surface area contributed by atoms with E-state index >= 15 is 0 Å². The minimum absolute atomic E-state index is 0.645. The van der Waals surface area contributed by atoms with Crippen LogP contribution >= 0.6 is 0 Å². The first-order valence-corrected chi connectivity index (χ1v) is 6.23. The molecule has 16 heavy (non-hydrogen) atoms. The summed E-state index contributed by atoms with van der Waals surface area (Å²) < 4.78 is 0. The highest BCUT2D eigenvalue weighted by molar-refractivity contribution is 5.41. The molecule has 0 aliphatic carbocycles. The first-order chi connectivity index (χ1) is 7.81. The minimum atomic E-state index is 0.645. The summed E-state index contributed by atoms with van der Waals surface area (Å²) in [7, 11) is 0. The van der Waals surface area contributed by atoms with Gasteiger partial charge in [0.2, 0.25) is 0 Å². The Labute approximate surface area is 97.9 Å². The summed E-state index contributed by atoms with van der Waals surface area (Å²) in [5.41, 5.74) is 1.26. The summed E-state index contributed by atoms with van der Waals surface area (Å²) in [4.78, 5) is 6.95. The van der Waals surface area contributed by atoms with E-state index in [1.807, 2.05) is 6.20 Å². The molecule has 1 fully saturated rings. The summed E-state index contributed by atoms with van der Waals surface area (Å²) >= 11 is 0. The number of anilines is 1. The van der Waals surface area contributed by atoms with Gasteiger partial charge in [0.15, 0.2) is 0 Å². The molecule has 1 aromatic rings. The number of aromatic nitrogens is 1. The van der Waals surface area contributed by atoms with Crippen molar-refractivity contribution in [3.8, 4) is 0 Å². The summed E-state index contributed by atoms with van der Waals surface area (Å²) in [5, 5.41) is 3.31. The SMILES string of the molecule is CCNCc1ccc(N2CCCC2C)nc1. The van der Waals surface area contributed by atoms with Crippen LogP contribution in [0.3, 0.4) is 0 Å². The molecule has 0 spiro atoms. The third-order valence-corrected chi connectivity index (χ3v) is 3.24. The smallest absolute Gasteiger partial charge is 0.128 e. The molecular formula is C13H21N3. The highest BCUT2D eigenvalue weighted by Crippen LogP contribution is 2.23. The van der Waals surface area contributed by atoms with Crippen LogP contribution in [0.2, 0.25) is 0 Å². The van der Waals surface area contributed by atoms with E-state index in [4.69, 9.17) is 0 Å². The molecule has 1 atom stereocenters. The van der Waals surface area contributed by atoms with Gasteiger partial charge >= 0.3 is 0 Å². The van der Waals surface area contributed by atoms with Gasteiger partial charge in [0, 0.05) is 25.3 Å². The summed E-state index contributed by atoms with van der Waals surface area (Å²) in [6, 6.07) is 4.97.